The highest BCUT2D eigenvalue weighted by Gasteiger charge is 2.25. The SMILES string of the molecule is COc1ccc(-c2ccc(N3CCN(C(=O)c4cc(-c5ccccc5)nn4C)CC3)nn2)cc1. The Morgan fingerprint density at radius 3 is 2.18 bits per heavy atom. The predicted molar refractivity (Wildman–Crippen MR) is 131 cm³/mol. The minimum absolute atomic E-state index is 0.00207. The highest BCUT2D eigenvalue weighted by molar-refractivity contribution is 5.94. The number of hydrogen-bond donors (Lipinski definition) is 0. The van der Waals surface area contributed by atoms with Gasteiger partial charge in [0.1, 0.15) is 11.4 Å². The molecule has 0 radical (unpaired) electrons. The van der Waals surface area contributed by atoms with Gasteiger partial charge in [0.25, 0.3) is 5.91 Å². The summed E-state index contributed by atoms with van der Waals surface area (Å²) in [5.41, 5.74) is 4.19. The lowest BCUT2D eigenvalue weighted by molar-refractivity contribution is 0.0735. The molecule has 34 heavy (non-hydrogen) atoms. The van der Waals surface area contributed by atoms with Crippen LogP contribution in [0.15, 0.2) is 72.8 Å². The molecule has 1 amide bonds. The average Bonchev–Trinajstić information content (AvgIpc) is 3.30. The normalized spacial score (nSPS) is 13.7. The summed E-state index contributed by atoms with van der Waals surface area (Å²) < 4.78 is 6.88. The van der Waals surface area contributed by atoms with Crippen LogP contribution in [-0.4, -0.2) is 64.1 Å². The highest BCUT2D eigenvalue weighted by Crippen LogP contribution is 2.23. The van der Waals surface area contributed by atoms with E-state index in [9.17, 15) is 4.79 Å². The van der Waals surface area contributed by atoms with Crippen molar-refractivity contribution in [2.24, 2.45) is 7.05 Å². The van der Waals surface area contributed by atoms with E-state index in [0.717, 1.165) is 34.1 Å². The van der Waals surface area contributed by atoms with Crippen LogP contribution in [0.2, 0.25) is 0 Å². The van der Waals surface area contributed by atoms with E-state index in [2.05, 4.69) is 20.2 Å². The van der Waals surface area contributed by atoms with Crippen molar-refractivity contribution in [1.82, 2.24) is 24.9 Å². The molecule has 8 nitrogen and oxygen atoms in total. The quantitative estimate of drug-likeness (QED) is 0.459. The molecule has 2 aromatic heterocycles. The summed E-state index contributed by atoms with van der Waals surface area (Å²) in [6, 6.07) is 23.5. The van der Waals surface area contributed by atoms with Crippen molar-refractivity contribution >= 4 is 11.7 Å². The van der Waals surface area contributed by atoms with E-state index >= 15 is 0 Å². The summed E-state index contributed by atoms with van der Waals surface area (Å²) in [7, 11) is 3.46. The molecule has 1 saturated heterocycles. The second-order valence-electron chi connectivity index (χ2n) is 8.19. The van der Waals surface area contributed by atoms with Gasteiger partial charge < -0.3 is 14.5 Å². The zero-order chi connectivity index (χ0) is 23.5. The van der Waals surface area contributed by atoms with E-state index in [1.54, 1.807) is 11.8 Å². The number of aromatic nitrogens is 4. The summed E-state index contributed by atoms with van der Waals surface area (Å²) in [5.74, 6) is 1.62. The number of carbonyl (C=O) groups excluding carboxylic acids is 1. The Morgan fingerprint density at radius 1 is 0.824 bits per heavy atom. The number of anilines is 1. The molecule has 0 atom stereocenters. The molecule has 2 aromatic carbocycles. The van der Waals surface area contributed by atoms with Crippen LogP contribution in [0.4, 0.5) is 5.82 Å². The van der Waals surface area contributed by atoms with Crippen molar-refractivity contribution in [3.05, 3.63) is 78.5 Å². The maximum atomic E-state index is 13.2. The van der Waals surface area contributed by atoms with E-state index < -0.39 is 0 Å². The van der Waals surface area contributed by atoms with Crippen LogP contribution < -0.4 is 9.64 Å². The molecule has 0 aliphatic carbocycles. The molecule has 172 valence electrons. The third-order valence-corrected chi connectivity index (χ3v) is 6.10. The molecule has 0 unspecified atom stereocenters. The van der Waals surface area contributed by atoms with Crippen LogP contribution in [0.25, 0.3) is 22.5 Å². The molecular formula is C26H26N6O2. The molecule has 4 aromatic rings. The molecule has 1 aliphatic rings. The van der Waals surface area contributed by atoms with Crippen molar-refractivity contribution in [3.8, 4) is 28.3 Å². The number of aryl methyl sites for hydroxylation is 1. The number of methoxy groups -OCH3 is 1. The number of benzene rings is 2. The van der Waals surface area contributed by atoms with Gasteiger partial charge in [0, 0.05) is 44.4 Å². The second kappa shape index (κ2) is 9.35. The summed E-state index contributed by atoms with van der Waals surface area (Å²) in [4.78, 5) is 17.2. The number of rotatable bonds is 5. The fourth-order valence-electron chi connectivity index (χ4n) is 4.13. The van der Waals surface area contributed by atoms with Crippen molar-refractivity contribution in [1.29, 1.82) is 0 Å². The Labute approximate surface area is 198 Å². The lowest BCUT2D eigenvalue weighted by Gasteiger charge is -2.35. The Kier molecular flexibility index (Phi) is 5.95. The molecule has 3 heterocycles. The van der Waals surface area contributed by atoms with Crippen molar-refractivity contribution in [2.45, 2.75) is 0 Å². The standard InChI is InChI=1S/C26H26N6O2/c1-30-24(18-23(29-30)19-6-4-3-5-7-19)26(33)32-16-14-31(15-17-32)25-13-12-22(27-28-25)20-8-10-21(34-2)11-9-20/h3-13,18H,14-17H2,1-2H3. The Bertz CT molecular complexity index is 1260. The monoisotopic (exact) mass is 454 g/mol. The van der Waals surface area contributed by atoms with Crippen LogP contribution in [0.5, 0.6) is 5.75 Å². The van der Waals surface area contributed by atoms with Gasteiger partial charge in [-0.2, -0.15) is 5.10 Å². The van der Waals surface area contributed by atoms with Gasteiger partial charge in [-0.15, -0.1) is 10.2 Å². The average molecular weight is 455 g/mol. The van der Waals surface area contributed by atoms with E-state index in [4.69, 9.17) is 4.74 Å². The van der Waals surface area contributed by atoms with Crippen LogP contribution >= 0.6 is 0 Å². The van der Waals surface area contributed by atoms with Crippen molar-refractivity contribution in [2.75, 3.05) is 38.2 Å². The number of ether oxygens (including phenoxy) is 1. The van der Waals surface area contributed by atoms with Crippen LogP contribution in [0.3, 0.4) is 0 Å². The van der Waals surface area contributed by atoms with Gasteiger partial charge in [-0.3, -0.25) is 9.48 Å². The van der Waals surface area contributed by atoms with Gasteiger partial charge in [-0.05, 0) is 42.5 Å². The van der Waals surface area contributed by atoms with E-state index in [1.165, 1.54) is 0 Å². The summed E-state index contributed by atoms with van der Waals surface area (Å²) >= 11 is 0. The number of hydrogen-bond acceptors (Lipinski definition) is 6. The fraction of sp³-hybridized carbons (Fsp3) is 0.231. The molecule has 0 saturated carbocycles. The van der Waals surface area contributed by atoms with Crippen molar-refractivity contribution in [3.63, 3.8) is 0 Å². The largest absolute Gasteiger partial charge is 0.497 e. The molecular weight excluding hydrogens is 428 g/mol. The first kappa shape index (κ1) is 21.6. The van der Waals surface area contributed by atoms with Gasteiger partial charge >= 0.3 is 0 Å². The zero-order valence-electron chi connectivity index (χ0n) is 19.3. The lowest BCUT2D eigenvalue weighted by Crippen LogP contribution is -2.49. The summed E-state index contributed by atoms with van der Waals surface area (Å²) in [6.45, 7) is 2.64. The van der Waals surface area contributed by atoms with Crippen LogP contribution in [0.1, 0.15) is 10.5 Å². The number of nitrogens with zero attached hydrogens (tertiary/aromatic N) is 6. The summed E-state index contributed by atoms with van der Waals surface area (Å²) in [5, 5.41) is 13.4. The maximum absolute atomic E-state index is 13.2. The zero-order valence-corrected chi connectivity index (χ0v) is 19.3. The van der Waals surface area contributed by atoms with Gasteiger partial charge in [0.2, 0.25) is 0 Å². The third-order valence-electron chi connectivity index (χ3n) is 6.10. The number of amides is 1. The topological polar surface area (TPSA) is 76.4 Å². The van der Waals surface area contributed by atoms with Gasteiger partial charge in [0.05, 0.1) is 18.5 Å². The van der Waals surface area contributed by atoms with E-state index in [0.29, 0.717) is 31.9 Å². The Balaban J connectivity index is 1.22. The first-order chi connectivity index (χ1) is 16.6. The first-order valence-electron chi connectivity index (χ1n) is 11.2. The predicted octanol–water partition coefficient (Wildman–Crippen LogP) is 3.52. The van der Waals surface area contributed by atoms with Gasteiger partial charge in [-0.25, -0.2) is 0 Å². The minimum atomic E-state index is -0.00207. The van der Waals surface area contributed by atoms with Gasteiger partial charge in [-0.1, -0.05) is 30.3 Å². The molecule has 0 bridgehead atoms. The van der Waals surface area contributed by atoms with E-state index in [1.807, 2.05) is 84.7 Å². The highest BCUT2D eigenvalue weighted by atomic mass is 16.5. The van der Waals surface area contributed by atoms with E-state index in [-0.39, 0.29) is 5.91 Å². The Morgan fingerprint density at radius 2 is 1.53 bits per heavy atom. The molecule has 8 heteroatoms. The summed E-state index contributed by atoms with van der Waals surface area (Å²) in [6.07, 6.45) is 0. The van der Waals surface area contributed by atoms with Gasteiger partial charge in [0.15, 0.2) is 5.82 Å². The maximum Gasteiger partial charge on any atom is 0.272 e. The molecule has 0 spiro atoms. The second-order valence-corrected chi connectivity index (χ2v) is 8.19. The van der Waals surface area contributed by atoms with Crippen LogP contribution in [-0.2, 0) is 7.05 Å². The molecule has 0 N–H and O–H groups in total. The molecule has 5 rings (SSSR count). The Hall–Kier alpha value is -4.20. The lowest BCUT2D eigenvalue weighted by atomic mass is 10.1. The number of carbonyl (C=O) groups is 1. The van der Waals surface area contributed by atoms with Crippen LogP contribution in [0, 0.1) is 0 Å². The molecule has 1 fully saturated rings. The smallest absolute Gasteiger partial charge is 0.272 e. The molecule has 1 aliphatic heterocycles. The first-order valence-corrected chi connectivity index (χ1v) is 11.2. The fourth-order valence-corrected chi connectivity index (χ4v) is 4.13. The third kappa shape index (κ3) is 4.34. The number of piperazine rings is 1. The minimum Gasteiger partial charge on any atom is -0.497 e. The van der Waals surface area contributed by atoms with Crippen molar-refractivity contribution < 1.29 is 9.53 Å².